The fraction of sp³-hybridized carbons (Fsp3) is 0.750. The molecule has 0 saturated heterocycles. The highest BCUT2D eigenvalue weighted by molar-refractivity contribution is 5.04. The van der Waals surface area contributed by atoms with Crippen LogP contribution in [0.3, 0.4) is 0 Å². The van der Waals surface area contributed by atoms with Crippen LogP contribution >= 0.6 is 0 Å². The summed E-state index contributed by atoms with van der Waals surface area (Å²) in [6.45, 7) is 3.27. The van der Waals surface area contributed by atoms with Crippen molar-refractivity contribution in [3.8, 4) is 0 Å². The molecule has 3 nitrogen and oxygen atoms in total. The van der Waals surface area contributed by atoms with Crippen LogP contribution in [0.2, 0.25) is 0 Å². The van der Waals surface area contributed by atoms with Crippen molar-refractivity contribution in [2.45, 2.75) is 45.2 Å². The number of nitrogens with zero attached hydrogens (tertiary/aromatic N) is 2. The first kappa shape index (κ1) is 10.7. The molecule has 1 aliphatic rings. The lowest BCUT2D eigenvalue weighted by Gasteiger charge is -2.26. The molecule has 84 valence electrons. The van der Waals surface area contributed by atoms with Gasteiger partial charge in [-0.2, -0.15) is 5.10 Å². The van der Waals surface area contributed by atoms with Crippen LogP contribution in [0.1, 0.15) is 44.2 Å². The molecule has 1 aliphatic carbocycles. The third-order valence-corrected chi connectivity index (χ3v) is 3.40. The molecular weight excluding hydrogens is 186 g/mol. The molecule has 0 atom stereocenters. The second-order valence-corrected chi connectivity index (χ2v) is 4.77. The fourth-order valence-corrected chi connectivity index (χ4v) is 2.38. The first-order chi connectivity index (χ1) is 7.29. The Labute approximate surface area is 91.9 Å². The van der Waals surface area contributed by atoms with Gasteiger partial charge in [-0.3, -0.25) is 4.68 Å². The number of rotatable bonds is 3. The van der Waals surface area contributed by atoms with Crippen molar-refractivity contribution in [1.29, 1.82) is 0 Å². The molecule has 0 bridgehead atoms. The van der Waals surface area contributed by atoms with Gasteiger partial charge in [-0.1, -0.05) is 6.92 Å². The van der Waals surface area contributed by atoms with E-state index in [0.717, 1.165) is 12.5 Å². The second-order valence-electron chi connectivity index (χ2n) is 4.77. The molecule has 0 aliphatic heterocycles. The standard InChI is InChI=1S/C12H21N3/c1-10-3-5-12(6-4-10)15-9-11(7-13-2)8-14-15/h8-10,12-13H,3-7H2,1-2H3. The molecule has 1 saturated carbocycles. The second kappa shape index (κ2) is 4.79. The Balaban J connectivity index is 1.96. The van der Waals surface area contributed by atoms with Crippen molar-refractivity contribution in [3.05, 3.63) is 18.0 Å². The van der Waals surface area contributed by atoms with Crippen molar-refractivity contribution in [2.24, 2.45) is 5.92 Å². The Morgan fingerprint density at radius 3 is 2.80 bits per heavy atom. The van der Waals surface area contributed by atoms with Gasteiger partial charge in [0, 0.05) is 18.3 Å². The zero-order chi connectivity index (χ0) is 10.7. The van der Waals surface area contributed by atoms with Gasteiger partial charge >= 0.3 is 0 Å². The molecule has 15 heavy (non-hydrogen) atoms. The molecule has 0 radical (unpaired) electrons. The molecule has 0 amide bonds. The van der Waals surface area contributed by atoms with Crippen LogP contribution in [0.5, 0.6) is 0 Å². The van der Waals surface area contributed by atoms with Gasteiger partial charge < -0.3 is 5.32 Å². The summed E-state index contributed by atoms with van der Waals surface area (Å²) in [5.74, 6) is 0.911. The molecule has 1 aromatic rings. The van der Waals surface area contributed by atoms with Crippen LogP contribution < -0.4 is 5.32 Å². The van der Waals surface area contributed by atoms with E-state index in [1.165, 1.54) is 31.2 Å². The normalized spacial score (nSPS) is 26.8. The smallest absolute Gasteiger partial charge is 0.0534 e. The van der Waals surface area contributed by atoms with Crippen molar-refractivity contribution >= 4 is 0 Å². The summed E-state index contributed by atoms with van der Waals surface area (Å²) in [7, 11) is 1.97. The minimum absolute atomic E-state index is 0.645. The maximum absolute atomic E-state index is 4.46. The topological polar surface area (TPSA) is 29.9 Å². The van der Waals surface area contributed by atoms with Gasteiger partial charge in [-0.15, -0.1) is 0 Å². The van der Waals surface area contributed by atoms with Crippen molar-refractivity contribution < 1.29 is 0 Å². The van der Waals surface area contributed by atoms with E-state index >= 15 is 0 Å². The van der Waals surface area contributed by atoms with Crippen molar-refractivity contribution in [3.63, 3.8) is 0 Å². The van der Waals surface area contributed by atoms with E-state index in [4.69, 9.17) is 0 Å². The minimum Gasteiger partial charge on any atom is -0.316 e. The predicted molar refractivity (Wildman–Crippen MR) is 61.7 cm³/mol. The Morgan fingerprint density at radius 1 is 1.40 bits per heavy atom. The Hall–Kier alpha value is -0.830. The van der Waals surface area contributed by atoms with E-state index in [1.807, 2.05) is 13.2 Å². The Bertz CT molecular complexity index is 298. The molecule has 2 rings (SSSR count). The minimum atomic E-state index is 0.645. The van der Waals surface area contributed by atoms with Crippen LogP contribution in [0, 0.1) is 5.92 Å². The van der Waals surface area contributed by atoms with Gasteiger partial charge in [0.05, 0.1) is 12.2 Å². The molecule has 3 heteroatoms. The summed E-state index contributed by atoms with van der Waals surface area (Å²) in [5, 5.41) is 7.61. The molecule has 1 fully saturated rings. The molecule has 0 spiro atoms. The highest BCUT2D eigenvalue weighted by Gasteiger charge is 2.19. The van der Waals surface area contributed by atoms with Crippen LogP contribution in [0.4, 0.5) is 0 Å². The number of aromatic nitrogens is 2. The molecule has 0 unspecified atom stereocenters. The summed E-state index contributed by atoms with van der Waals surface area (Å²) >= 11 is 0. The molecule has 1 heterocycles. The summed E-state index contributed by atoms with van der Waals surface area (Å²) in [6.07, 6.45) is 9.47. The largest absolute Gasteiger partial charge is 0.316 e. The Morgan fingerprint density at radius 2 is 2.13 bits per heavy atom. The maximum Gasteiger partial charge on any atom is 0.0534 e. The molecule has 0 aromatic carbocycles. The lowest BCUT2D eigenvalue weighted by molar-refractivity contribution is 0.274. The lowest BCUT2D eigenvalue weighted by Crippen LogP contribution is -2.17. The van der Waals surface area contributed by atoms with Gasteiger partial charge in [-0.05, 0) is 38.6 Å². The van der Waals surface area contributed by atoms with Gasteiger partial charge in [0.2, 0.25) is 0 Å². The fourth-order valence-electron chi connectivity index (χ4n) is 2.38. The average Bonchev–Trinajstić information content (AvgIpc) is 2.68. The zero-order valence-electron chi connectivity index (χ0n) is 9.74. The van der Waals surface area contributed by atoms with Crippen LogP contribution in [0.15, 0.2) is 12.4 Å². The van der Waals surface area contributed by atoms with Gasteiger partial charge in [0.1, 0.15) is 0 Å². The highest BCUT2D eigenvalue weighted by atomic mass is 15.3. The van der Waals surface area contributed by atoms with Gasteiger partial charge in [0.25, 0.3) is 0 Å². The number of hydrogen-bond donors (Lipinski definition) is 1. The number of hydrogen-bond acceptors (Lipinski definition) is 2. The average molecular weight is 207 g/mol. The zero-order valence-corrected chi connectivity index (χ0v) is 9.74. The van der Waals surface area contributed by atoms with E-state index in [2.05, 4.69) is 28.2 Å². The van der Waals surface area contributed by atoms with E-state index in [0.29, 0.717) is 6.04 Å². The van der Waals surface area contributed by atoms with Crippen LogP contribution in [-0.4, -0.2) is 16.8 Å². The van der Waals surface area contributed by atoms with Crippen LogP contribution in [0.25, 0.3) is 0 Å². The van der Waals surface area contributed by atoms with Crippen molar-refractivity contribution in [2.75, 3.05) is 7.05 Å². The molecular formula is C12H21N3. The monoisotopic (exact) mass is 207 g/mol. The first-order valence-electron chi connectivity index (χ1n) is 5.97. The third-order valence-electron chi connectivity index (χ3n) is 3.40. The summed E-state index contributed by atoms with van der Waals surface area (Å²) < 4.78 is 2.17. The van der Waals surface area contributed by atoms with E-state index in [-0.39, 0.29) is 0 Å². The van der Waals surface area contributed by atoms with E-state index in [9.17, 15) is 0 Å². The summed E-state index contributed by atoms with van der Waals surface area (Å²) in [5.41, 5.74) is 1.29. The third kappa shape index (κ3) is 2.59. The number of nitrogens with one attached hydrogen (secondary N) is 1. The van der Waals surface area contributed by atoms with Crippen molar-refractivity contribution in [1.82, 2.24) is 15.1 Å². The lowest BCUT2D eigenvalue weighted by atomic mass is 9.87. The van der Waals surface area contributed by atoms with Crippen LogP contribution in [-0.2, 0) is 6.54 Å². The summed E-state index contributed by atoms with van der Waals surface area (Å²) in [4.78, 5) is 0. The summed E-state index contributed by atoms with van der Waals surface area (Å²) in [6, 6.07) is 0.645. The first-order valence-corrected chi connectivity index (χ1v) is 5.97. The Kier molecular flexibility index (Phi) is 3.41. The SMILES string of the molecule is CNCc1cnn(C2CCC(C)CC2)c1. The van der Waals surface area contributed by atoms with Gasteiger partial charge in [-0.25, -0.2) is 0 Å². The highest BCUT2D eigenvalue weighted by Crippen LogP contribution is 2.31. The van der Waals surface area contributed by atoms with E-state index in [1.54, 1.807) is 0 Å². The van der Waals surface area contributed by atoms with E-state index < -0.39 is 0 Å². The quantitative estimate of drug-likeness (QED) is 0.824. The van der Waals surface area contributed by atoms with Gasteiger partial charge in [0.15, 0.2) is 0 Å². The maximum atomic E-state index is 4.46. The predicted octanol–water partition coefficient (Wildman–Crippen LogP) is 2.35. The molecule has 1 N–H and O–H groups in total. The molecule has 1 aromatic heterocycles.